The zero-order valence-electron chi connectivity index (χ0n) is 16.6. The number of anilines is 1. The fraction of sp³-hybridized carbons (Fsp3) is 0.250. The van der Waals surface area contributed by atoms with Gasteiger partial charge in [0.15, 0.2) is 0 Å². The van der Waals surface area contributed by atoms with E-state index in [0.717, 1.165) is 9.87 Å². The molecule has 164 valence electrons. The molecule has 11 heteroatoms. The van der Waals surface area contributed by atoms with Crippen LogP contribution in [-0.2, 0) is 37.6 Å². The molecule has 2 aromatic carbocycles. The molecule has 1 unspecified atom stereocenters. The maximum atomic E-state index is 12.3. The van der Waals surface area contributed by atoms with Crippen LogP contribution in [0.25, 0.3) is 0 Å². The minimum absolute atomic E-state index is 0.0409. The monoisotopic (exact) mass is 447 g/mol. The van der Waals surface area contributed by atoms with Crippen LogP contribution in [0.5, 0.6) is 5.75 Å². The molecule has 1 fully saturated rings. The third-order valence-electron chi connectivity index (χ3n) is 4.47. The van der Waals surface area contributed by atoms with Crippen molar-refractivity contribution in [2.45, 2.75) is 26.0 Å². The molecule has 2 aromatic rings. The quantitative estimate of drug-likeness (QED) is 0.537. The van der Waals surface area contributed by atoms with E-state index in [-0.39, 0.29) is 24.5 Å². The lowest BCUT2D eigenvalue weighted by atomic mass is 10.0. The van der Waals surface area contributed by atoms with Crippen LogP contribution in [0, 0.1) is 0 Å². The van der Waals surface area contributed by atoms with Gasteiger partial charge < -0.3 is 15.2 Å². The number of carbonyl (C=O) groups is 3. The fourth-order valence-electron chi connectivity index (χ4n) is 3.08. The predicted octanol–water partition coefficient (Wildman–Crippen LogP) is 0.578. The SMILES string of the molecule is CC(=O)NC(Cc1ccc(N2CC(=O)NS2(=O)=O)c(OCc2ccccc2)c1)C(=O)O. The van der Waals surface area contributed by atoms with Gasteiger partial charge in [0.2, 0.25) is 5.91 Å². The van der Waals surface area contributed by atoms with Crippen molar-refractivity contribution in [1.82, 2.24) is 10.0 Å². The van der Waals surface area contributed by atoms with Gasteiger partial charge in [-0.05, 0) is 23.3 Å². The molecule has 0 aliphatic carbocycles. The highest BCUT2D eigenvalue weighted by molar-refractivity contribution is 7.92. The van der Waals surface area contributed by atoms with E-state index in [9.17, 15) is 27.9 Å². The molecule has 3 rings (SSSR count). The Hall–Kier alpha value is -3.60. The summed E-state index contributed by atoms with van der Waals surface area (Å²) >= 11 is 0. The van der Waals surface area contributed by atoms with Crippen molar-refractivity contribution in [3.05, 3.63) is 59.7 Å². The highest BCUT2D eigenvalue weighted by Crippen LogP contribution is 2.33. The van der Waals surface area contributed by atoms with Gasteiger partial charge in [0.05, 0.1) is 5.69 Å². The largest absolute Gasteiger partial charge is 0.487 e. The molecule has 0 saturated carbocycles. The minimum Gasteiger partial charge on any atom is -0.487 e. The Morgan fingerprint density at radius 3 is 2.48 bits per heavy atom. The number of ether oxygens (including phenoxy) is 1. The maximum absolute atomic E-state index is 12.3. The number of carboxylic acid groups (broad SMARTS) is 1. The van der Waals surface area contributed by atoms with Gasteiger partial charge in [0.1, 0.15) is 24.9 Å². The van der Waals surface area contributed by atoms with Gasteiger partial charge in [-0.15, -0.1) is 0 Å². The standard InChI is InChI=1S/C20H21N3O7S/c1-13(24)21-16(20(26)27)9-15-7-8-17(23-11-19(25)22-31(23,28)29)18(10-15)30-12-14-5-3-2-4-6-14/h2-8,10,16H,9,11-12H2,1H3,(H,21,24)(H,22,25)(H,26,27). The molecule has 3 N–H and O–H groups in total. The van der Waals surface area contributed by atoms with E-state index < -0.39 is 40.6 Å². The van der Waals surface area contributed by atoms with E-state index in [1.165, 1.54) is 25.1 Å². The Labute approximate surface area is 179 Å². The second kappa shape index (κ2) is 9.04. The van der Waals surface area contributed by atoms with Gasteiger partial charge >= 0.3 is 16.2 Å². The smallest absolute Gasteiger partial charge is 0.326 e. The molecule has 10 nitrogen and oxygen atoms in total. The third-order valence-corrected chi connectivity index (χ3v) is 5.86. The lowest BCUT2D eigenvalue weighted by Crippen LogP contribution is -2.41. The molecular formula is C20H21N3O7S. The van der Waals surface area contributed by atoms with Crippen molar-refractivity contribution >= 4 is 33.7 Å². The van der Waals surface area contributed by atoms with Crippen LogP contribution in [0.2, 0.25) is 0 Å². The van der Waals surface area contributed by atoms with E-state index in [2.05, 4.69) is 5.32 Å². The minimum atomic E-state index is -4.06. The number of carbonyl (C=O) groups excluding carboxylic acids is 2. The van der Waals surface area contributed by atoms with Crippen molar-refractivity contribution in [2.24, 2.45) is 0 Å². The third kappa shape index (κ3) is 5.51. The van der Waals surface area contributed by atoms with Crippen molar-refractivity contribution in [3.8, 4) is 5.75 Å². The summed E-state index contributed by atoms with van der Waals surface area (Å²) in [6.45, 7) is 0.948. The van der Waals surface area contributed by atoms with E-state index in [4.69, 9.17) is 4.74 Å². The molecule has 1 saturated heterocycles. The first kappa shape index (κ1) is 22.1. The number of hydrogen-bond acceptors (Lipinski definition) is 6. The number of aliphatic carboxylic acids is 1. The van der Waals surface area contributed by atoms with Crippen LogP contribution in [0.15, 0.2) is 48.5 Å². The molecule has 0 aromatic heterocycles. The topological polar surface area (TPSA) is 142 Å². The van der Waals surface area contributed by atoms with Gasteiger partial charge in [-0.3, -0.25) is 9.59 Å². The Kier molecular flexibility index (Phi) is 6.44. The summed E-state index contributed by atoms with van der Waals surface area (Å²) in [5.41, 5.74) is 1.48. The summed E-state index contributed by atoms with van der Waals surface area (Å²) in [7, 11) is -4.06. The zero-order valence-corrected chi connectivity index (χ0v) is 17.4. The molecule has 0 radical (unpaired) electrons. The van der Waals surface area contributed by atoms with E-state index in [1.54, 1.807) is 0 Å². The number of amides is 2. The molecule has 31 heavy (non-hydrogen) atoms. The molecule has 1 heterocycles. The fourth-order valence-corrected chi connectivity index (χ4v) is 4.24. The van der Waals surface area contributed by atoms with Crippen molar-refractivity contribution in [2.75, 3.05) is 10.8 Å². The lowest BCUT2D eigenvalue weighted by molar-refractivity contribution is -0.141. The number of benzene rings is 2. The van der Waals surface area contributed by atoms with Gasteiger partial charge in [0, 0.05) is 13.3 Å². The van der Waals surface area contributed by atoms with Gasteiger partial charge in [-0.2, -0.15) is 8.42 Å². The first-order valence-corrected chi connectivity index (χ1v) is 10.7. The molecule has 1 aliphatic rings. The Morgan fingerprint density at radius 2 is 1.90 bits per heavy atom. The van der Waals surface area contributed by atoms with Crippen LogP contribution >= 0.6 is 0 Å². The molecule has 0 bridgehead atoms. The van der Waals surface area contributed by atoms with E-state index in [0.29, 0.717) is 5.56 Å². The molecular weight excluding hydrogens is 426 g/mol. The number of nitrogens with one attached hydrogen (secondary N) is 2. The van der Waals surface area contributed by atoms with Crippen molar-refractivity contribution < 1.29 is 32.6 Å². The zero-order chi connectivity index (χ0) is 22.6. The molecule has 1 aliphatic heterocycles. The first-order valence-electron chi connectivity index (χ1n) is 9.28. The van der Waals surface area contributed by atoms with Crippen LogP contribution in [0.1, 0.15) is 18.1 Å². The molecule has 2 amide bonds. The number of carboxylic acids is 1. The van der Waals surface area contributed by atoms with E-state index in [1.807, 2.05) is 35.1 Å². The Morgan fingerprint density at radius 1 is 1.19 bits per heavy atom. The highest BCUT2D eigenvalue weighted by atomic mass is 32.2. The van der Waals surface area contributed by atoms with Crippen LogP contribution in [-0.4, -0.2) is 43.9 Å². The van der Waals surface area contributed by atoms with Crippen LogP contribution in [0.4, 0.5) is 5.69 Å². The van der Waals surface area contributed by atoms with Crippen molar-refractivity contribution in [3.63, 3.8) is 0 Å². The summed E-state index contributed by atoms with van der Waals surface area (Å²) in [6.07, 6.45) is -0.0409. The van der Waals surface area contributed by atoms with Crippen LogP contribution in [0.3, 0.4) is 0 Å². The van der Waals surface area contributed by atoms with Crippen LogP contribution < -0.4 is 19.1 Å². The van der Waals surface area contributed by atoms with Gasteiger partial charge in [0.25, 0.3) is 5.91 Å². The normalized spacial score (nSPS) is 15.8. The number of hydrogen-bond donors (Lipinski definition) is 3. The first-order chi connectivity index (χ1) is 14.7. The predicted molar refractivity (Wildman–Crippen MR) is 111 cm³/mol. The second-order valence-electron chi connectivity index (χ2n) is 6.91. The maximum Gasteiger partial charge on any atom is 0.326 e. The van der Waals surface area contributed by atoms with Gasteiger partial charge in [-0.1, -0.05) is 36.4 Å². The molecule has 1 atom stereocenters. The average Bonchev–Trinajstić information content (AvgIpc) is 2.98. The summed E-state index contributed by atoms with van der Waals surface area (Å²) < 4.78 is 33.2. The average molecular weight is 447 g/mol. The number of rotatable bonds is 8. The van der Waals surface area contributed by atoms with Gasteiger partial charge in [-0.25, -0.2) is 13.8 Å². The summed E-state index contributed by atoms with van der Waals surface area (Å²) in [4.78, 5) is 34.4. The summed E-state index contributed by atoms with van der Waals surface area (Å²) in [5.74, 6) is -2.21. The highest BCUT2D eigenvalue weighted by Gasteiger charge is 2.36. The summed E-state index contributed by atoms with van der Waals surface area (Å²) in [5, 5.41) is 11.7. The number of nitrogens with zero attached hydrogens (tertiary/aromatic N) is 1. The second-order valence-corrected chi connectivity index (χ2v) is 8.50. The summed E-state index contributed by atoms with van der Waals surface area (Å²) in [6, 6.07) is 12.5. The van der Waals surface area contributed by atoms with E-state index >= 15 is 0 Å². The Bertz CT molecular complexity index is 1100. The Balaban J connectivity index is 1.93. The van der Waals surface area contributed by atoms with Crippen molar-refractivity contribution in [1.29, 1.82) is 0 Å². The lowest BCUT2D eigenvalue weighted by Gasteiger charge is -2.21. The molecule has 0 spiro atoms.